The lowest BCUT2D eigenvalue weighted by Gasteiger charge is -2.33. The van der Waals surface area contributed by atoms with Crippen LogP contribution in [0.4, 0.5) is 0 Å². The van der Waals surface area contributed by atoms with Crippen LogP contribution in [0.15, 0.2) is 16.9 Å². The Morgan fingerprint density at radius 3 is 2.41 bits per heavy atom. The van der Waals surface area contributed by atoms with Crippen LogP contribution in [0.1, 0.15) is 45.6 Å². The van der Waals surface area contributed by atoms with Crippen LogP contribution in [0.3, 0.4) is 0 Å². The molecule has 1 N–H and O–H groups in total. The van der Waals surface area contributed by atoms with E-state index in [1.807, 2.05) is 19.9 Å². The molecule has 0 radical (unpaired) electrons. The van der Waals surface area contributed by atoms with Crippen LogP contribution in [-0.4, -0.2) is 60.5 Å². The summed E-state index contributed by atoms with van der Waals surface area (Å²) in [4.78, 5) is 30.3. The number of nitrogens with zero attached hydrogens (tertiary/aromatic N) is 2. The first kappa shape index (κ1) is 25.0. The van der Waals surface area contributed by atoms with E-state index in [-0.39, 0.29) is 29.1 Å². The molecule has 0 aliphatic carbocycles. The van der Waals surface area contributed by atoms with Crippen molar-refractivity contribution in [1.82, 2.24) is 14.2 Å². The lowest BCUT2D eigenvalue weighted by molar-refractivity contribution is 0.0724. The normalized spacial score (nSPS) is 17.7. The van der Waals surface area contributed by atoms with E-state index in [0.29, 0.717) is 66.4 Å². The zero-order valence-electron chi connectivity index (χ0n) is 19.3. The molecule has 11 heteroatoms. The van der Waals surface area contributed by atoms with Crippen molar-refractivity contribution in [3.63, 3.8) is 0 Å². The van der Waals surface area contributed by atoms with Gasteiger partial charge in [-0.05, 0) is 50.3 Å². The van der Waals surface area contributed by atoms with Crippen LogP contribution in [-0.2, 0) is 23.0 Å². The standard InChI is InChI=1S/C23H27Cl2N3O5S/c1-13-10-14(2)26-22(29)17(13)12-27-7-6-16-18(24)11-19(21(25)20(16)23(27)30)33-15-4-8-28(9-5-15)34(3,31)32/h10-11,15H,4-9,12H2,1-3H3,(H,26,29). The number of H-pyrrole nitrogens is 1. The molecule has 1 amide bonds. The topological polar surface area (TPSA) is 99.8 Å². The first-order chi connectivity index (χ1) is 16.0. The molecule has 0 saturated carbocycles. The summed E-state index contributed by atoms with van der Waals surface area (Å²) in [5.74, 6) is 0.00709. The van der Waals surface area contributed by atoms with Gasteiger partial charge in [-0.25, -0.2) is 12.7 Å². The summed E-state index contributed by atoms with van der Waals surface area (Å²) in [6, 6.07) is 3.51. The van der Waals surface area contributed by atoms with E-state index < -0.39 is 10.0 Å². The Balaban J connectivity index is 1.57. The summed E-state index contributed by atoms with van der Waals surface area (Å²) in [6.07, 6.45) is 2.47. The summed E-state index contributed by atoms with van der Waals surface area (Å²) in [7, 11) is -3.24. The molecule has 2 aliphatic rings. The molecule has 2 aliphatic heterocycles. The monoisotopic (exact) mass is 527 g/mol. The number of hydrogen-bond acceptors (Lipinski definition) is 5. The quantitative estimate of drug-likeness (QED) is 0.642. The number of aryl methyl sites for hydroxylation is 2. The number of aromatic nitrogens is 1. The fraction of sp³-hybridized carbons (Fsp3) is 0.478. The van der Waals surface area contributed by atoms with Crippen molar-refractivity contribution >= 4 is 39.1 Å². The van der Waals surface area contributed by atoms with Crippen molar-refractivity contribution in [1.29, 1.82) is 0 Å². The van der Waals surface area contributed by atoms with Crippen molar-refractivity contribution < 1.29 is 17.9 Å². The molecule has 0 atom stereocenters. The average Bonchev–Trinajstić information content (AvgIpc) is 2.75. The number of amides is 1. The number of rotatable bonds is 5. The van der Waals surface area contributed by atoms with Gasteiger partial charge in [-0.1, -0.05) is 23.2 Å². The largest absolute Gasteiger partial charge is 0.489 e. The van der Waals surface area contributed by atoms with Gasteiger partial charge in [-0.15, -0.1) is 0 Å². The third kappa shape index (κ3) is 4.98. The second kappa shape index (κ2) is 9.53. The number of sulfonamides is 1. The van der Waals surface area contributed by atoms with Crippen molar-refractivity contribution in [3.05, 3.63) is 60.5 Å². The number of hydrogen-bond donors (Lipinski definition) is 1. The Labute approximate surface area is 208 Å². The molecule has 0 unspecified atom stereocenters. The van der Waals surface area contributed by atoms with Crippen LogP contribution in [0.25, 0.3) is 0 Å². The zero-order chi connectivity index (χ0) is 24.8. The first-order valence-electron chi connectivity index (χ1n) is 11.1. The van der Waals surface area contributed by atoms with Gasteiger partial charge in [0.2, 0.25) is 10.0 Å². The molecule has 184 valence electrons. The molecule has 0 bridgehead atoms. The highest BCUT2D eigenvalue weighted by Crippen LogP contribution is 2.40. The number of carbonyl (C=O) groups excluding carboxylic acids is 1. The van der Waals surface area contributed by atoms with Gasteiger partial charge in [-0.2, -0.15) is 0 Å². The second-order valence-electron chi connectivity index (χ2n) is 8.92. The molecular weight excluding hydrogens is 501 g/mol. The van der Waals surface area contributed by atoms with Crippen molar-refractivity contribution in [2.45, 2.75) is 45.8 Å². The number of pyridine rings is 1. The second-order valence-corrected chi connectivity index (χ2v) is 11.7. The van der Waals surface area contributed by atoms with Crippen molar-refractivity contribution in [3.8, 4) is 5.75 Å². The minimum atomic E-state index is -3.24. The van der Waals surface area contributed by atoms with Crippen LogP contribution in [0, 0.1) is 13.8 Å². The Morgan fingerprint density at radius 2 is 1.79 bits per heavy atom. The number of ether oxygens (including phenoxy) is 1. The summed E-state index contributed by atoms with van der Waals surface area (Å²) < 4.78 is 31.0. The van der Waals surface area contributed by atoms with Gasteiger partial charge in [0.25, 0.3) is 11.5 Å². The van der Waals surface area contributed by atoms with Gasteiger partial charge >= 0.3 is 0 Å². The van der Waals surface area contributed by atoms with E-state index in [4.69, 9.17) is 27.9 Å². The highest BCUT2D eigenvalue weighted by molar-refractivity contribution is 7.88. The molecule has 3 heterocycles. The molecule has 34 heavy (non-hydrogen) atoms. The number of piperidine rings is 1. The molecule has 8 nitrogen and oxygen atoms in total. The molecule has 4 rings (SSSR count). The third-order valence-electron chi connectivity index (χ3n) is 6.42. The summed E-state index contributed by atoms with van der Waals surface area (Å²) >= 11 is 13.2. The van der Waals surface area contributed by atoms with Crippen molar-refractivity contribution in [2.24, 2.45) is 0 Å². The molecular formula is C23H27Cl2N3O5S. The number of nitrogens with one attached hydrogen (secondary N) is 1. The molecule has 0 spiro atoms. The van der Waals surface area contributed by atoms with Crippen LogP contribution >= 0.6 is 23.2 Å². The van der Waals surface area contributed by atoms with E-state index >= 15 is 0 Å². The maximum absolute atomic E-state index is 13.4. The highest BCUT2D eigenvalue weighted by Gasteiger charge is 2.33. The zero-order valence-corrected chi connectivity index (χ0v) is 21.6. The lowest BCUT2D eigenvalue weighted by atomic mass is 9.97. The predicted octanol–water partition coefficient (Wildman–Crippen LogP) is 3.30. The van der Waals surface area contributed by atoms with Gasteiger partial charge in [0, 0.05) is 42.0 Å². The highest BCUT2D eigenvalue weighted by atomic mass is 35.5. The van der Waals surface area contributed by atoms with E-state index in [2.05, 4.69) is 4.98 Å². The fourth-order valence-electron chi connectivity index (χ4n) is 4.58. The Kier molecular flexibility index (Phi) is 7.01. The van der Waals surface area contributed by atoms with E-state index in [0.717, 1.165) is 11.3 Å². The van der Waals surface area contributed by atoms with Gasteiger partial charge < -0.3 is 14.6 Å². The maximum atomic E-state index is 13.4. The SMILES string of the molecule is Cc1cc(C)c(CN2CCc3c(Cl)cc(OC4CCN(S(C)(=O)=O)CC4)c(Cl)c3C2=O)c(=O)[nH]1. The smallest absolute Gasteiger partial charge is 0.256 e. The van der Waals surface area contributed by atoms with Gasteiger partial charge in [0.15, 0.2) is 0 Å². The van der Waals surface area contributed by atoms with E-state index in [1.54, 1.807) is 11.0 Å². The van der Waals surface area contributed by atoms with Gasteiger partial charge in [0.1, 0.15) is 11.9 Å². The minimum absolute atomic E-state index is 0.169. The molecule has 2 aromatic rings. The first-order valence-corrected chi connectivity index (χ1v) is 13.7. The summed E-state index contributed by atoms with van der Waals surface area (Å²) in [5, 5.41) is 0.592. The third-order valence-corrected chi connectivity index (χ3v) is 8.44. The Morgan fingerprint density at radius 1 is 1.12 bits per heavy atom. The van der Waals surface area contributed by atoms with Crippen molar-refractivity contribution in [2.75, 3.05) is 25.9 Å². The summed E-state index contributed by atoms with van der Waals surface area (Å²) in [6.45, 7) is 4.97. The fourth-order valence-corrected chi connectivity index (χ4v) is 6.04. The molecule has 1 saturated heterocycles. The maximum Gasteiger partial charge on any atom is 0.256 e. The summed E-state index contributed by atoms with van der Waals surface area (Å²) in [5.41, 5.74) is 2.88. The molecule has 1 fully saturated rings. The predicted molar refractivity (Wildman–Crippen MR) is 132 cm³/mol. The number of benzene rings is 1. The van der Waals surface area contributed by atoms with E-state index in [1.165, 1.54) is 10.6 Å². The van der Waals surface area contributed by atoms with Gasteiger partial charge in [0.05, 0.1) is 23.4 Å². The average molecular weight is 528 g/mol. The number of aromatic amines is 1. The molecule has 1 aromatic carbocycles. The van der Waals surface area contributed by atoms with Gasteiger partial charge in [-0.3, -0.25) is 9.59 Å². The van der Waals surface area contributed by atoms with Crippen LogP contribution < -0.4 is 10.3 Å². The van der Waals surface area contributed by atoms with Crippen LogP contribution in [0.2, 0.25) is 10.0 Å². The number of fused-ring (bicyclic) bond motifs is 1. The lowest BCUT2D eigenvalue weighted by Crippen LogP contribution is -2.41. The number of halogens is 2. The Bertz CT molecular complexity index is 1300. The number of carbonyl (C=O) groups is 1. The molecule has 1 aromatic heterocycles. The van der Waals surface area contributed by atoms with E-state index in [9.17, 15) is 18.0 Å². The minimum Gasteiger partial charge on any atom is -0.489 e. The Hall–Kier alpha value is -2.07. The van der Waals surface area contributed by atoms with Crippen LogP contribution in [0.5, 0.6) is 5.75 Å².